The van der Waals surface area contributed by atoms with Crippen LogP contribution in [-0.4, -0.2) is 30.8 Å². The Labute approximate surface area is 141 Å². The molecule has 7 nitrogen and oxygen atoms in total. The average Bonchev–Trinajstić information content (AvgIpc) is 3.23. The van der Waals surface area contributed by atoms with Gasteiger partial charge in [-0.3, -0.25) is 0 Å². The van der Waals surface area contributed by atoms with Crippen LogP contribution >= 0.6 is 11.3 Å². The van der Waals surface area contributed by atoms with Crippen LogP contribution in [0, 0.1) is 0 Å². The molecule has 124 valence electrons. The van der Waals surface area contributed by atoms with Crippen LogP contribution in [0.5, 0.6) is 0 Å². The zero-order chi connectivity index (χ0) is 17.2. The molecule has 9 heteroatoms. The number of nitrogens with zero attached hydrogens (tertiary/aromatic N) is 2. The lowest BCUT2D eigenvalue weighted by molar-refractivity contribution is 0.0425. The Morgan fingerprint density at radius 2 is 2.08 bits per heavy atom. The van der Waals surface area contributed by atoms with E-state index in [2.05, 4.69) is 10.1 Å². The second kappa shape index (κ2) is 6.54. The van der Waals surface area contributed by atoms with Gasteiger partial charge in [0.25, 0.3) is 5.89 Å². The van der Waals surface area contributed by atoms with Crippen molar-refractivity contribution in [1.82, 2.24) is 10.1 Å². The lowest BCUT2D eigenvalue weighted by Gasteiger charge is -2.06. The molecule has 0 saturated carbocycles. The van der Waals surface area contributed by atoms with Crippen molar-refractivity contribution in [2.24, 2.45) is 0 Å². The maximum absolute atomic E-state index is 12.1. The Bertz CT molecular complexity index is 961. The first kappa shape index (κ1) is 16.3. The van der Waals surface area contributed by atoms with Gasteiger partial charge in [-0.2, -0.15) is 16.3 Å². The second-order valence-electron chi connectivity index (χ2n) is 4.87. The van der Waals surface area contributed by atoms with Gasteiger partial charge in [0.15, 0.2) is 16.4 Å². The largest absolute Gasteiger partial charge is 0.452 e. The van der Waals surface area contributed by atoms with Gasteiger partial charge < -0.3 is 9.26 Å². The highest BCUT2D eigenvalue weighted by Gasteiger charge is 2.20. The number of hydrogen-bond donors (Lipinski definition) is 0. The first-order chi connectivity index (χ1) is 11.4. The first-order valence-corrected chi connectivity index (χ1v) is 9.60. The fourth-order valence-electron chi connectivity index (χ4n) is 1.99. The number of thiophene rings is 1. The molecule has 2 heterocycles. The van der Waals surface area contributed by atoms with E-state index in [1.165, 1.54) is 29.5 Å². The lowest BCUT2D eigenvalue weighted by atomic mass is 10.2. The number of hydrogen-bond acceptors (Lipinski definition) is 8. The van der Waals surface area contributed by atoms with Crippen LogP contribution in [0.2, 0.25) is 0 Å². The van der Waals surface area contributed by atoms with E-state index >= 15 is 0 Å². The zero-order valence-corrected chi connectivity index (χ0v) is 14.1. The molecule has 1 aromatic carbocycles. The Morgan fingerprint density at radius 1 is 1.29 bits per heavy atom. The summed E-state index contributed by atoms with van der Waals surface area (Å²) < 4.78 is 33.5. The van der Waals surface area contributed by atoms with Gasteiger partial charge in [-0.1, -0.05) is 17.3 Å². The van der Waals surface area contributed by atoms with E-state index in [9.17, 15) is 13.2 Å². The van der Waals surface area contributed by atoms with Gasteiger partial charge in [0.2, 0.25) is 5.82 Å². The third-order valence-electron chi connectivity index (χ3n) is 3.08. The van der Waals surface area contributed by atoms with E-state index in [1.54, 1.807) is 6.07 Å². The van der Waals surface area contributed by atoms with E-state index in [0.717, 1.165) is 11.8 Å². The zero-order valence-electron chi connectivity index (χ0n) is 12.5. The minimum Gasteiger partial charge on any atom is -0.452 e. The highest BCUT2D eigenvalue weighted by atomic mass is 32.2. The van der Waals surface area contributed by atoms with Crippen molar-refractivity contribution in [3.63, 3.8) is 0 Å². The number of carbonyl (C=O) groups excluding carboxylic acids is 1. The van der Waals surface area contributed by atoms with Gasteiger partial charge in [0.05, 0.1) is 10.5 Å². The molecule has 3 aromatic rings. The molecule has 0 N–H and O–H groups in total. The van der Waals surface area contributed by atoms with Crippen LogP contribution in [0.15, 0.2) is 50.5 Å². The molecule has 0 amide bonds. The fraction of sp³-hybridized carbons (Fsp3) is 0.133. The average molecular weight is 364 g/mol. The van der Waals surface area contributed by atoms with Crippen LogP contribution < -0.4 is 0 Å². The summed E-state index contributed by atoms with van der Waals surface area (Å²) in [5.74, 6) is -0.244. The summed E-state index contributed by atoms with van der Waals surface area (Å²) in [5.41, 5.74) is 0.779. The number of carbonyl (C=O) groups is 1. The predicted molar refractivity (Wildman–Crippen MR) is 86.3 cm³/mol. The number of esters is 1. The van der Waals surface area contributed by atoms with Crippen molar-refractivity contribution in [1.29, 1.82) is 0 Å². The number of sulfone groups is 1. The topological polar surface area (TPSA) is 99.4 Å². The Hall–Kier alpha value is -2.52. The van der Waals surface area contributed by atoms with E-state index in [-0.39, 0.29) is 23.0 Å². The molecular weight excluding hydrogens is 352 g/mol. The minimum absolute atomic E-state index is 0.0300. The van der Waals surface area contributed by atoms with Crippen molar-refractivity contribution in [3.8, 4) is 11.4 Å². The van der Waals surface area contributed by atoms with Crippen LogP contribution in [0.25, 0.3) is 11.4 Å². The molecule has 0 aliphatic heterocycles. The van der Waals surface area contributed by atoms with Crippen LogP contribution in [0.4, 0.5) is 0 Å². The third kappa shape index (κ3) is 3.52. The molecule has 0 unspecified atom stereocenters. The molecule has 0 bridgehead atoms. The number of benzene rings is 1. The molecule has 0 saturated heterocycles. The van der Waals surface area contributed by atoms with E-state index in [1.807, 2.05) is 16.8 Å². The van der Waals surface area contributed by atoms with Crippen molar-refractivity contribution in [3.05, 3.63) is 52.5 Å². The molecule has 0 aliphatic rings. The van der Waals surface area contributed by atoms with Gasteiger partial charge in [-0.05, 0) is 23.6 Å². The quantitative estimate of drug-likeness (QED) is 0.641. The molecule has 0 spiro atoms. The van der Waals surface area contributed by atoms with Gasteiger partial charge in [0, 0.05) is 17.2 Å². The summed E-state index contributed by atoms with van der Waals surface area (Å²) in [6, 6.07) is 7.69. The monoisotopic (exact) mass is 364 g/mol. The SMILES string of the molecule is CS(=O)(=O)c1ccccc1C(=O)OCc1nc(-c2ccsc2)no1. The van der Waals surface area contributed by atoms with Gasteiger partial charge in [-0.25, -0.2) is 13.2 Å². The molecule has 0 radical (unpaired) electrons. The number of rotatable bonds is 5. The molecule has 2 aromatic heterocycles. The lowest BCUT2D eigenvalue weighted by Crippen LogP contribution is -2.11. The van der Waals surface area contributed by atoms with Crippen molar-refractivity contribution < 1.29 is 22.5 Å². The molecule has 0 aliphatic carbocycles. The van der Waals surface area contributed by atoms with Gasteiger partial charge in [0.1, 0.15) is 0 Å². The standard InChI is InChI=1S/C15H12N2O5S2/c1-24(19,20)12-5-3-2-4-11(12)15(18)21-8-13-16-14(17-22-13)10-6-7-23-9-10/h2-7,9H,8H2,1H3. The highest BCUT2D eigenvalue weighted by molar-refractivity contribution is 7.90. The molecule has 0 fully saturated rings. The summed E-state index contributed by atoms with van der Waals surface area (Å²) in [5, 5.41) is 7.55. The van der Waals surface area contributed by atoms with Crippen molar-refractivity contribution in [2.75, 3.05) is 6.26 Å². The summed E-state index contributed by atoms with van der Waals surface area (Å²) in [4.78, 5) is 16.2. The van der Waals surface area contributed by atoms with E-state index < -0.39 is 15.8 Å². The molecule has 24 heavy (non-hydrogen) atoms. The summed E-state index contributed by atoms with van der Waals surface area (Å²) in [6.07, 6.45) is 1.03. The molecule has 0 atom stereocenters. The Balaban J connectivity index is 1.73. The van der Waals surface area contributed by atoms with Crippen molar-refractivity contribution >= 4 is 27.1 Å². The summed E-state index contributed by atoms with van der Waals surface area (Å²) in [6.45, 7) is -0.242. The number of ether oxygens (including phenoxy) is 1. The number of aromatic nitrogens is 2. The van der Waals surface area contributed by atoms with Crippen LogP contribution in [0.3, 0.4) is 0 Å². The third-order valence-corrected chi connectivity index (χ3v) is 4.92. The Morgan fingerprint density at radius 3 is 2.79 bits per heavy atom. The maximum atomic E-state index is 12.1. The molecular formula is C15H12N2O5S2. The smallest absolute Gasteiger partial charge is 0.339 e. The predicted octanol–water partition coefficient (Wildman–Crippen LogP) is 2.56. The fourth-order valence-corrected chi connectivity index (χ4v) is 3.50. The molecule has 3 rings (SSSR count). The minimum atomic E-state index is -3.54. The van der Waals surface area contributed by atoms with E-state index in [4.69, 9.17) is 9.26 Å². The summed E-state index contributed by atoms with van der Waals surface area (Å²) in [7, 11) is -3.54. The van der Waals surface area contributed by atoms with Crippen molar-refractivity contribution in [2.45, 2.75) is 11.5 Å². The van der Waals surface area contributed by atoms with E-state index in [0.29, 0.717) is 5.82 Å². The first-order valence-electron chi connectivity index (χ1n) is 6.76. The Kier molecular flexibility index (Phi) is 4.45. The summed E-state index contributed by atoms with van der Waals surface area (Å²) >= 11 is 1.50. The maximum Gasteiger partial charge on any atom is 0.339 e. The van der Waals surface area contributed by atoms with Gasteiger partial charge in [-0.15, -0.1) is 0 Å². The highest BCUT2D eigenvalue weighted by Crippen LogP contribution is 2.20. The van der Waals surface area contributed by atoms with Gasteiger partial charge >= 0.3 is 5.97 Å². The van der Waals surface area contributed by atoms with Crippen LogP contribution in [-0.2, 0) is 21.2 Å². The second-order valence-corrected chi connectivity index (χ2v) is 7.63. The van der Waals surface area contributed by atoms with Crippen LogP contribution in [0.1, 0.15) is 16.2 Å². The normalized spacial score (nSPS) is 11.4.